The van der Waals surface area contributed by atoms with Gasteiger partial charge in [-0.2, -0.15) is 0 Å². The van der Waals surface area contributed by atoms with Crippen molar-refractivity contribution in [2.75, 3.05) is 4.90 Å². The van der Waals surface area contributed by atoms with E-state index < -0.39 is 0 Å². The van der Waals surface area contributed by atoms with Crippen LogP contribution in [-0.2, 0) is 0 Å². The van der Waals surface area contributed by atoms with Crippen LogP contribution in [-0.4, -0.2) is 6.71 Å². The normalized spacial score (nSPS) is 12.5. The molecule has 0 saturated heterocycles. The van der Waals surface area contributed by atoms with Crippen molar-refractivity contribution in [2.24, 2.45) is 0 Å². The van der Waals surface area contributed by atoms with Crippen LogP contribution in [0.2, 0.25) is 0 Å². The highest BCUT2D eigenvalue weighted by molar-refractivity contribution is 6.98. The van der Waals surface area contributed by atoms with Crippen molar-refractivity contribution in [1.82, 2.24) is 0 Å². The second-order valence-corrected chi connectivity index (χ2v) is 14.9. The Bertz CT molecular complexity index is 2160. The molecule has 0 bridgehead atoms. The monoisotopic (exact) mass is 687 g/mol. The summed E-state index contributed by atoms with van der Waals surface area (Å²) in [7, 11) is 0. The van der Waals surface area contributed by atoms with Gasteiger partial charge in [0.15, 0.2) is 0 Å². The first-order valence-corrected chi connectivity index (χ1v) is 18.8. The lowest BCUT2D eigenvalue weighted by molar-refractivity contribution is 0.460. The van der Waals surface area contributed by atoms with Crippen LogP contribution in [0.5, 0.6) is 23.0 Å². The van der Waals surface area contributed by atoms with Crippen molar-refractivity contribution in [2.45, 2.75) is 45.4 Å². The van der Waals surface area contributed by atoms with E-state index in [0.717, 1.165) is 51.1 Å². The molecular weight excluding hydrogens is 645 g/mol. The summed E-state index contributed by atoms with van der Waals surface area (Å²) in [5.41, 5.74) is 12.6. The predicted molar refractivity (Wildman–Crippen MR) is 221 cm³/mol. The van der Waals surface area contributed by atoms with Gasteiger partial charge in [-0.15, -0.1) is 0 Å². The molecule has 258 valence electrons. The second-order valence-electron chi connectivity index (χ2n) is 14.9. The van der Waals surface area contributed by atoms with Gasteiger partial charge in [0, 0.05) is 28.3 Å². The number of benzene rings is 7. The molecule has 0 saturated carbocycles. The third-order valence-electron chi connectivity index (χ3n) is 10.9. The fraction of sp³-hybridized carbons (Fsp3) is 0.143. The SMILES string of the molecule is CC(C)c1ccc2c(c1)B1c3cc(C(C)C)ccc3Oc3c(N(c4ccccc4)c4ccccc4)cc(C(c4ccccc4)c4ccccc4)c(c31)O2. The topological polar surface area (TPSA) is 21.7 Å². The van der Waals surface area contributed by atoms with Crippen molar-refractivity contribution in [3.8, 4) is 23.0 Å². The van der Waals surface area contributed by atoms with Gasteiger partial charge in [0.25, 0.3) is 6.71 Å². The van der Waals surface area contributed by atoms with Gasteiger partial charge in [-0.25, -0.2) is 0 Å². The first kappa shape index (κ1) is 32.9. The van der Waals surface area contributed by atoms with E-state index in [9.17, 15) is 0 Å². The fourth-order valence-corrected chi connectivity index (χ4v) is 8.15. The molecule has 0 atom stereocenters. The number of fused-ring (bicyclic) bond motifs is 4. The molecule has 7 aromatic rings. The lowest BCUT2D eigenvalue weighted by Gasteiger charge is -2.39. The molecule has 53 heavy (non-hydrogen) atoms. The second kappa shape index (κ2) is 13.5. The number of nitrogens with zero attached hydrogens (tertiary/aromatic N) is 1. The van der Waals surface area contributed by atoms with E-state index in [1.54, 1.807) is 0 Å². The van der Waals surface area contributed by atoms with Gasteiger partial charge >= 0.3 is 0 Å². The van der Waals surface area contributed by atoms with Crippen molar-refractivity contribution < 1.29 is 9.47 Å². The predicted octanol–water partition coefficient (Wildman–Crippen LogP) is 11.3. The highest BCUT2D eigenvalue weighted by atomic mass is 16.5. The molecule has 4 heteroatoms. The highest BCUT2D eigenvalue weighted by Gasteiger charge is 2.44. The maximum atomic E-state index is 7.25. The number of anilines is 3. The van der Waals surface area contributed by atoms with E-state index >= 15 is 0 Å². The van der Waals surface area contributed by atoms with Crippen LogP contribution in [0, 0.1) is 0 Å². The molecule has 0 spiro atoms. The maximum Gasteiger partial charge on any atom is 0.260 e. The zero-order valence-corrected chi connectivity index (χ0v) is 30.7. The Labute approximate surface area is 313 Å². The average Bonchev–Trinajstić information content (AvgIpc) is 3.20. The molecule has 2 aliphatic rings. The van der Waals surface area contributed by atoms with Crippen LogP contribution >= 0.6 is 0 Å². The zero-order chi connectivity index (χ0) is 36.1. The Balaban J connectivity index is 1.42. The Morgan fingerprint density at radius 2 is 0.887 bits per heavy atom. The minimum Gasteiger partial charge on any atom is -0.458 e. The van der Waals surface area contributed by atoms with Crippen molar-refractivity contribution in [1.29, 1.82) is 0 Å². The maximum absolute atomic E-state index is 7.25. The Morgan fingerprint density at radius 1 is 0.453 bits per heavy atom. The van der Waals surface area contributed by atoms with E-state index in [-0.39, 0.29) is 12.6 Å². The molecule has 0 N–H and O–H groups in total. The quantitative estimate of drug-likeness (QED) is 0.117. The smallest absolute Gasteiger partial charge is 0.260 e. The van der Waals surface area contributed by atoms with Crippen LogP contribution in [0.4, 0.5) is 17.1 Å². The fourth-order valence-electron chi connectivity index (χ4n) is 8.15. The molecule has 0 radical (unpaired) electrons. The summed E-state index contributed by atoms with van der Waals surface area (Å²) in [5, 5.41) is 0. The van der Waals surface area contributed by atoms with Gasteiger partial charge in [0.2, 0.25) is 0 Å². The van der Waals surface area contributed by atoms with E-state index in [4.69, 9.17) is 9.47 Å². The van der Waals surface area contributed by atoms with Crippen LogP contribution < -0.4 is 30.8 Å². The van der Waals surface area contributed by atoms with Gasteiger partial charge in [0.1, 0.15) is 23.0 Å². The van der Waals surface area contributed by atoms with Gasteiger partial charge in [-0.3, -0.25) is 0 Å². The Kier molecular flexibility index (Phi) is 8.39. The Morgan fingerprint density at radius 3 is 1.34 bits per heavy atom. The van der Waals surface area contributed by atoms with Crippen molar-refractivity contribution in [3.63, 3.8) is 0 Å². The van der Waals surface area contributed by atoms with E-state index in [2.05, 4.69) is 196 Å². The molecular formula is C49H42BNO2. The summed E-state index contributed by atoms with van der Waals surface area (Å²) >= 11 is 0. The molecule has 0 aromatic heterocycles. The molecule has 0 aliphatic carbocycles. The molecule has 7 aromatic carbocycles. The highest BCUT2D eigenvalue weighted by Crippen LogP contribution is 2.50. The van der Waals surface area contributed by atoms with E-state index in [1.165, 1.54) is 33.2 Å². The van der Waals surface area contributed by atoms with E-state index in [1.807, 2.05) is 0 Å². The summed E-state index contributed by atoms with van der Waals surface area (Å²) in [6.07, 6.45) is 0. The molecule has 0 fully saturated rings. The molecule has 2 aliphatic heterocycles. The average molecular weight is 688 g/mol. The minimum absolute atomic E-state index is 0.0933. The first-order chi connectivity index (χ1) is 26.0. The molecule has 3 nitrogen and oxygen atoms in total. The summed E-state index contributed by atoms with van der Waals surface area (Å²) in [5.74, 6) is 4.12. The number of para-hydroxylation sites is 2. The largest absolute Gasteiger partial charge is 0.458 e. The molecule has 0 amide bonds. The van der Waals surface area contributed by atoms with Crippen LogP contribution in [0.3, 0.4) is 0 Å². The summed E-state index contributed by atoms with van der Waals surface area (Å²) < 4.78 is 14.5. The summed E-state index contributed by atoms with van der Waals surface area (Å²) in [6.45, 7) is 8.95. The van der Waals surface area contributed by atoms with Crippen molar-refractivity contribution in [3.05, 3.63) is 192 Å². The van der Waals surface area contributed by atoms with Crippen LogP contribution in [0.25, 0.3) is 0 Å². The Hall–Kier alpha value is -6.00. The third-order valence-corrected chi connectivity index (χ3v) is 10.9. The van der Waals surface area contributed by atoms with Crippen LogP contribution in [0.15, 0.2) is 164 Å². The lowest BCUT2D eigenvalue weighted by atomic mass is 9.34. The number of rotatable bonds is 8. The molecule has 2 heterocycles. The lowest BCUT2D eigenvalue weighted by Crippen LogP contribution is -2.58. The van der Waals surface area contributed by atoms with Gasteiger partial charge < -0.3 is 14.4 Å². The minimum atomic E-state index is -0.106. The van der Waals surface area contributed by atoms with Gasteiger partial charge in [-0.1, -0.05) is 149 Å². The molecule has 9 rings (SSSR count). The standard InChI is InChI=1S/C49H42BNO2/c1-32(2)36-25-27-44-41(29-36)50-42-30-37(33(3)4)26-28-45(42)53-49-43(51(38-21-13-7-14-22-38)39-23-15-8-16-24-39)31-40(48(52-44)47(49)50)46(34-17-9-5-10-18-34)35-19-11-6-12-20-35/h5-33,46H,1-4H3. The zero-order valence-electron chi connectivity index (χ0n) is 30.7. The third kappa shape index (κ3) is 5.79. The summed E-state index contributed by atoms with van der Waals surface area (Å²) in [6, 6.07) is 58.8. The van der Waals surface area contributed by atoms with Crippen molar-refractivity contribution >= 4 is 40.2 Å². The van der Waals surface area contributed by atoms with E-state index in [0.29, 0.717) is 11.8 Å². The first-order valence-electron chi connectivity index (χ1n) is 18.8. The van der Waals surface area contributed by atoms with Crippen LogP contribution in [0.1, 0.15) is 73.3 Å². The summed E-state index contributed by atoms with van der Waals surface area (Å²) in [4.78, 5) is 2.34. The van der Waals surface area contributed by atoms with Gasteiger partial charge in [-0.05, 0) is 87.5 Å². The number of hydrogen-bond acceptors (Lipinski definition) is 3. The number of hydrogen-bond donors (Lipinski definition) is 0. The van der Waals surface area contributed by atoms with Gasteiger partial charge in [0.05, 0.1) is 5.69 Å². The molecule has 0 unspecified atom stereocenters. The number of ether oxygens (including phenoxy) is 2.